The maximum absolute atomic E-state index is 12.4. The van der Waals surface area contributed by atoms with Crippen LogP contribution in [-0.4, -0.2) is 32.9 Å². The fourth-order valence-electron chi connectivity index (χ4n) is 2.49. The van der Waals surface area contributed by atoms with E-state index in [9.17, 15) is 14.7 Å². The Labute approximate surface area is 147 Å². The van der Waals surface area contributed by atoms with Crippen molar-refractivity contribution >= 4 is 5.91 Å². The molecule has 2 unspecified atom stereocenters. The maximum atomic E-state index is 12.4. The summed E-state index contributed by atoms with van der Waals surface area (Å²) in [4.78, 5) is 24.6. The van der Waals surface area contributed by atoms with Gasteiger partial charge in [0.05, 0.1) is 11.3 Å². The molecule has 0 radical (unpaired) electrons. The molecule has 0 aliphatic carbocycles. The van der Waals surface area contributed by atoms with E-state index < -0.39 is 16.9 Å². The Morgan fingerprint density at radius 3 is 2.60 bits per heavy atom. The number of para-hydroxylation sites is 1. The molecule has 0 spiro atoms. The summed E-state index contributed by atoms with van der Waals surface area (Å²) in [6, 6.07) is 10.7. The third kappa shape index (κ3) is 4.33. The van der Waals surface area contributed by atoms with Crippen LogP contribution in [0.3, 0.4) is 0 Å². The molecule has 2 atom stereocenters. The van der Waals surface area contributed by atoms with Crippen molar-refractivity contribution in [3.63, 3.8) is 0 Å². The van der Waals surface area contributed by atoms with Gasteiger partial charge in [-0.15, -0.1) is 0 Å². The highest BCUT2D eigenvalue weighted by Gasteiger charge is 2.28. The molecule has 0 bridgehead atoms. The SMILES string of the molecule is CCC(C)C(C)(O)CNC(=O)c1nn(-c2ccccc2)c(C)cc1=O. The number of aromatic nitrogens is 2. The molecule has 2 rings (SSSR count). The summed E-state index contributed by atoms with van der Waals surface area (Å²) < 4.78 is 1.56. The van der Waals surface area contributed by atoms with Gasteiger partial charge in [0.2, 0.25) is 5.43 Å². The van der Waals surface area contributed by atoms with E-state index in [1.807, 2.05) is 44.2 Å². The Hall–Kier alpha value is -2.47. The number of aryl methyl sites for hydroxylation is 1. The minimum Gasteiger partial charge on any atom is -0.388 e. The van der Waals surface area contributed by atoms with Gasteiger partial charge in [0, 0.05) is 18.3 Å². The second-order valence-electron chi connectivity index (χ2n) is 6.60. The zero-order valence-electron chi connectivity index (χ0n) is 15.1. The van der Waals surface area contributed by atoms with Gasteiger partial charge in [-0.3, -0.25) is 9.59 Å². The predicted octanol–water partition coefficient (Wildman–Crippen LogP) is 2.07. The first-order valence-electron chi connectivity index (χ1n) is 8.43. The van der Waals surface area contributed by atoms with E-state index in [1.54, 1.807) is 18.5 Å². The maximum Gasteiger partial charge on any atom is 0.275 e. The Morgan fingerprint density at radius 2 is 2.00 bits per heavy atom. The van der Waals surface area contributed by atoms with Gasteiger partial charge in [0.1, 0.15) is 0 Å². The van der Waals surface area contributed by atoms with E-state index in [0.717, 1.165) is 12.1 Å². The molecule has 1 aromatic carbocycles. The van der Waals surface area contributed by atoms with E-state index in [4.69, 9.17) is 0 Å². The normalized spacial score (nSPS) is 14.6. The predicted molar refractivity (Wildman–Crippen MR) is 97.0 cm³/mol. The van der Waals surface area contributed by atoms with Crippen molar-refractivity contribution in [1.29, 1.82) is 0 Å². The summed E-state index contributed by atoms with van der Waals surface area (Å²) in [7, 11) is 0. The van der Waals surface area contributed by atoms with Gasteiger partial charge in [0.25, 0.3) is 5.91 Å². The van der Waals surface area contributed by atoms with Crippen molar-refractivity contribution in [2.75, 3.05) is 6.54 Å². The summed E-state index contributed by atoms with van der Waals surface area (Å²) in [6.45, 7) is 7.38. The number of carbonyl (C=O) groups is 1. The molecule has 0 aliphatic heterocycles. The number of aliphatic hydroxyl groups is 1. The molecule has 0 aliphatic rings. The smallest absolute Gasteiger partial charge is 0.275 e. The van der Waals surface area contributed by atoms with Gasteiger partial charge in [-0.1, -0.05) is 38.5 Å². The molecule has 0 saturated heterocycles. The summed E-state index contributed by atoms with van der Waals surface area (Å²) in [5.41, 5.74) is -0.270. The highest BCUT2D eigenvalue weighted by Crippen LogP contribution is 2.18. The lowest BCUT2D eigenvalue weighted by Crippen LogP contribution is -2.46. The average Bonchev–Trinajstić information content (AvgIpc) is 2.59. The molecule has 6 nitrogen and oxygen atoms in total. The van der Waals surface area contributed by atoms with Crippen LogP contribution in [-0.2, 0) is 0 Å². The van der Waals surface area contributed by atoms with E-state index in [2.05, 4.69) is 10.4 Å². The fourth-order valence-corrected chi connectivity index (χ4v) is 2.49. The first kappa shape index (κ1) is 18.9. The minimum absolute atomic E-state index is 0.0137. The standard InChI is InChI=1S/C19H25N3O3/c1-5-13(2)19(4,25)12-20-18(24)17-16(23)11-14(3)22(21-17)15-9-7-6-8-10-15/h6-11,13,25H,5,12H2,1-4H3,(H,20,24). The van der Waals surface area contributed by atoms with Gasteiger partial charge in [-0.2, -0.15) is 5.10 Å². The summed E-state index contributed by atoms with van der Waals surface area (Å²) in [6.07, 6.45) is 0.784. The molecule has 1 aromatic heterocycles. The van der Waals surface area contributed by atoms with E-state index >= 15 is 0 Å². The quantitative estimate of drug-likeness (QED) is 0.841. The van der Waals surface area contributed by atoms with Crippen LogP contribution in [0.15, 0.2) is 41.2 Å². The fraction of sp³-hybridized carbons (Fsp3) is 0.421. The van der Waals surface area contributed by atoms with Crippen LogP contribution in [0.5, 0.6) is 0 Å². The van der Waals surface area contributed by atoms with Crippen molar-refractivity contribution in [2.24, 2.45) is 5.92 Å². The van der Waals surface area contributed by atoms with Gasteiger partial charge in [-0.25, -0.2) is 4.68 Å². The molecule has 2 aromatic rings. The number of nitrogens with one attached hydrogen (secondary N) is 1. The van der Waals surface area contributed by atoms with Crippen LogP contribution in [0.1, 0.15) is 43.4 Å². The van der Waals surface area contributed by atoms with Gasteiger partial charge < -0.3 is 10.4 Å². The number of benzene rings is 1. The third-order valence-electron chi connectivity index (χ3n) is 4.60. The number of hydrogen-bond donors (Lipinski definition) is 2. The summed E-state index contributed by atoms with van der Waals surface area (Å²) in [5, 5.41) is 17.3. The molecule has 1 heterocycles. The number of rotatable bonds is 6. The highest BCUT2D eigenvalue weighted by molar-refractivity contribution is 5.92. The molecule has 0 fully saturated rings. The monoisotopic (exact) mass is 343 g/mol. The minimum atomic E-state index is -1.05. The number of nitrogens with zero attached hydrogens (tertiary/aromatic N) is 2. The lowest BCUT2D eigenvalue weighted by Gasteiger charge is -2.29. The topological polar surface area (TPSA) is 84.2 Å². The van der Waals surface area contributed by atoms with Crippen LogP contribution in [0.4, 0.5) is 0 Å². The summed E-state index contributed by atoms with van der Waals surface area (Å²) in [5.74, 6) is -0.571. The zero-order chi connectivity index (χ0) is 18.6. The molecule has 134 valence electrons. The van der Waals surface area contributed by atoms with E-state index in [0.29, 0.717) is 5.69 Å². The second kappa shape index (κ2) is 7.61. The lowest BCUT2D eigenvalue weighted by molar-refractivity contribution is 0.00585. The molecule has 2 N–H and O–H groups in total. The molecular formula is C19H25N3O3. The van der Waals surface area contributed by atoms with Crippen LogP contribution in [0.25, 0.3) is 5.69 Å². The molecule has 1 amide bonds. The molecule has 25 heavy (non-hydrogen) atoms. The van der Waals surface area contributed by atoms with Crippen LogP contribution < -0.4 is 10.7 Å². The zero-order valence-corrected chi connectivity index (χ0v) is 15.1. The van der Waals surface area contributed by atoms with E-state index in [-0.39, 0.29) is 18.2 Å². The summed E-state index contributed by atoms with van der Waals surface area (Å²) >= 11 is 0. The Kier molecular flexibility index (Phi) is 5.74. The Bertz CT molecular complexity index is 797. The second-order valence-corrected chi connectivity index (χ2v) is 6.60. The molecule has 0 saturated carbocycles. The number of hydrogen-bond acceptors (Lipinski definition) is 4. The lowest BCUT2D eigenvalue weighted by atomic mass is 9.88. The molecular weight excluding hydrogens is 318 g/mol. The van der Waals surface area contributed by atoms with Gasteiger partial charge >= 0.3 is 0 Å². The van der Waals surface area contributed by atoms with Gasteiger partial charge in [0.15, 0.2) is 5.69 Å². The average molecular weight is 343 g/mol. The molecule has 6 heteroatoms. The van der Waals surface area contributed by atoms with Crippen molar-refractivity contribution in [3.05, 3.63) is 58.0 Å². The van der Waals surface area contributed by atoms with Gasteiger partial charge in [-0.05, 0) is 31.9 Å². The van der Waals surface area contributed by atoms with Crippen molar-refractivity contribution in [2.45, 2.75) is 39.7 Å². The van der Waals surface area contributed by atoms with E-state index in [1.165, 1.54) is 6.07 Å². The third-order valence-corrected chi connectivity index (χ3v) is 4.60. The first-order chi connectivity index (χ1) is 11.8. The van der Waals surface area contributed by atoms with Crippen molar-refractivity contribution in [1.82, 2.24) is 15.1 Å². The highest BCUT2D eigenvalue weighted by atomic mass is 16.3. The van der Waals surface area contributed by atoms with Crippen molar-refractivity contribution in [3.8, 4) is 5.69 Å². The number of carbonyl (C=O) groups excluding carboxylic acids is 1. The Morgan fingerprint density at radius 1 is 1.36 bits per heavy atom. The first-order valence-corrected chi connectivity index (χ1v) is 8.43. The number of amides is 1. The van der Waals surface area contributed by atoms with Crippen LogP contribution >= 0.6 is 0 Å². The Balaban J connectivity index is 2.27. The van der Waals surface area contributed by atoms with Crippen LogP contribution in [0.2, 0.25) is 0 Å². The largest absolute Gasteiger partial charge is 0.388 e. The van der Waals surface area contributed by atoms with Crippen molar-refractivity contribution < 1.29 is 9.90 Å². The van der Waals surface area contributed by atoms with Crippen LogP contribution in [0, 0.1) is 12.8 Å².